The third-order valence-electron chi connectivity index (χ3n) is 2.98. The van der Waals surface area contributed by atoms with Gasteiger partial charge in [-0.3, -0.25) is 0 Å². The topological polar surface area (TPSA) is 70.6 Å². The largest absolute Gasteiger partial charge is 0.506 e. The average Bonchev–Trinajstić information content (AvgIpc) is 2.40. The van der Waals surface area contributed by atoms with Gasteiger partial charge in [0.25, 0.3) is 0 Å². The fourth-order valence-corrected chi connectivity index (χ4v) is 2.49. The second-order valence-corrected chi connectivity index (χ2v) is 5.09. The molecular formula is C13H13ClN2O3S. The number of phenolic OH excluding ortho intramolecular Hbond substituents is 1. The Morgan fingerprint density at radius 2 is 2.20 bits per heavy atom. The van der Waals surface area contributed by atoms with Gasteiger partial charge in [0.15, 0.2) is 5.11 Å². The summed E-state index contributed by atoms with van der Waals surface area (Å²) in [4.78, 5) is 11.9. The van der Waals surface area contributed by atoms with Gasteiger partial charge in [0.05, 0.1) is 23.7 Å². The Morgan fingerprint density at radius 1 is 1.50 bits per heavy atom. The summed E-state index contributed by atoms with van der Waals surface area (Å²) in [5, 5.41) is 16.0. The number of halogens is 1. The van der Waals surface area contributed by atoms with Crippen LogP contribution in [0.3, 0.4) is 0 Å². The molecule has 0 saturated heterocycles. The first kappa shape index (κ1) is 14.6. The van der Waals surface area contributed by atoms with E-state index in [1.807, 2.05) is 0 Å². The van der Waals surface area contributed by atoms with E-state index in [-0.39, 0.29) is 10.8 Å². The van der Waals surface area contributed by atoms with Crippen LogP contribution in [0.15, 0.2) is 29.5 Å². The van der Waals surface area contributed by atoms with Crippen LogP contribution in [0.4, 0.5) is 0 Å². The highest BCUT2D eigenvalue weighted by Gasteiger charge is 2.30. The number of nitrogens with one attached hydrogen (secondary N) is 2. The summed E-state index contributed by atoms with van der Waals surface area (Å²) in [6.45, 7) is 1.74. The van der Waals surface area contributed by atoms with Gasteiger partial charge in [-0.1, -0.05) is 17.7 Å². The quantitative estimate of drug-likeness (QED) is 0.573. The lowest BCUT2D eigenvalue weighted by atomic mass is 9.95. The van der Waals surface area contributed by atoms with Gasteiger partial charge >= 0.3 is 5.97 Å². The van der Waals surface area contributed by atoms with Crippen LogP contribution in [-0.2, 0) is 9.53 Å². The predicted molar refractivity (Wildman–Crippen MR) is 79.4 cm³/mol. The van der Waals surface area contributed by atoms with Crippen molar-refractivity contribution in [3.63, 3.8) is 0 Å². The molecule has 1 atom stereocenters. The Balaban J connectivity index is 2.50. The maximum atomic E-state index is 11.9. The highest BCUT2D eigenvalue weighted by Crippen LogP contribution is 2.32. The molecule has 0 aliphatic carbocycles. The molecule has 0 fully saturated rings. The van der Waals surface area contributed by atoms with Crippen LogP contribution in [0.5, 0.6) is 5.75 Å². The molecule has 0 bridgehead atoms. The number of hydrogen-bond acceptors (Lipinski definition) is 4. The molecular weight excluding hydrogens is 300 g/mol. The number of phenols is 1. The van der Waals surface area contributed by atoms with E-state index in [4.69, 9.17) is 28.6 Å². The van der Waals surface area contributed by atoms with Crippen molar-refractivity contribution < 1.29 is 14.6 Å². The highest BCUT2D eigenvalue weighted by atomic mass is 35.5. The number of aromatic hydroxyl groups is 1. The zero-order chi connectivity index (χ0) is 14.9. The van der Waals surface area contributed by atoms with Crippen LogP contribution in [0.1, 0.15) is 18.5 Å². The van der Waals surface area contributed by atoms with Crippen molar-refractivity contribution in [3.8, 4) is 5.75 Å². The molecule has 2 rings (SSSR count). The Hall–Kier alpha value is -1.79. The minimum atomic E-state index is -0.478. The molecule has 1 aromatic rings. The Labute approximate surface area is 126 Å². The number of methoxy groups -OCH3 is 1. The summed E-state index contributed by atoms with van der Waals surface area (Å²) in [6.07, 6.45) is 0. The first-order valence-electron chi connectivity index (χ1n) is 5.79. The van der Waals surface area contributed by atoms with E-state index in [1.165, 1.54) is 13.2 Å². The molecule has 1 aromatic carbocycles. The smallest absolute Gasteiger partial charge is 0.337 e. The number of carbonyl (C=O) groups is 1. The number of esters is 1. The number of allylic oxidation sites excluding steroid dienone is 1. The number of carbonyl (C=O) groups excluding carboxylic acids is 1. The Bertz CT molecular complexity index is 616. The number of benzene rings is 1. The minimum absolute atomic E-state index is 0.0211. The molecule has 1 aliphatic rings. The van der Waals surface area contributed by atoms with Crippen molar-refractivity contribution in [1.82, 2.24) is 10.6 Å². The maximum absolute atomic E-state index is 11.9. The van der Waals surface area contributed by atoms with E-state index in [1.54, 1.807) is 19.1 Å². The van der Waals surface area contributed by atoms with Crippen molar-refractivity contribution in [2.75, 3.05) is 7.11 Å². The number of thiocarbonyl (C=S) groups is 1. The standard InChI is InChI=1S/C13H13ClN2O3S/c1-6-10(12(18)19-2)11(16-13(20)15-6)7-3-4-9(17)8(14)5-7/h3-5,11,17H,1-2H3,(H2,15,16,20)/t11-/m1/s1. The van der Waals surface area contributed by atoms with Crippen LogP contribution >= 0.6 is 23.8 Å². The average molecular weight is 313 g/mol. The van der Waals surface area contributed by atoms with Crippen molar-refractivity contribution >= 4 is 34.9 Å². The van der Waals surface area contributed by atoms with Gasteiger partial charge < -0.3 is 20.5 Å². The second-order valence-electron chi connectivity index (χ2n) is 4.27. The van der Waals surface area contributed by atoms with Crippen LogP contribution < -0.4 is 10.6 Å². The van der Waals surface area contributed by atoms with Crippen molar-refractivity contribution in [3.05, 3.63) is 40.1 Å². The van der Waals surface area contributed by atoms with Crippen LogP contribution in [0.25, 0.3) is 0 Å². The highest BCUT2D eigenvalue weighted by molar-refractivity contribution is 7.80. The number of rotatable bonds is 2. The summed E-state index contributed by atoms with van der Waals surface area (Å²) in [7, 11) is 1.32. The van der Waals surface area contributed by atoms with E-state index < -0.39 is 12.0 Å². The maximum Gasteiger partial charge on any atom is 0.337 e. The summed E-state index contributed by atoms with van der Waals surface area (Å²) in [5.74, 6) is -0.480. The van der Waals surface area contributed by atoms with Gasteiger partial charge in [0, 0.05) is 5.70 Å². The molecule has 7 heteroatoms. The van der Waals surface area contributed by atoms with E-state index in [9.17, 15) is 9.90 Å². The van der Waals surface area contributed by atoms with Gasteiger partial charge in [0.2, 0.25) is 0 Å². The molecule has 1 heterocycles. The molecule has 0 amide bonds. The molecule has 106 valence electrons. The second kappa shape index (κ2) is 5.68. The summed E-state index contributed by atoms with van der Waals surface area (Å²) in [6, 6.07) is 4.24. The molecule has 1 aliphatic heterocycles. The fourth-order valence-electron chi connectivity index (χ4n) is 2.03. The zero-order valence-electron chi connectivity index (χ0n) is 10.9. The molecule has 0 radical (unpaired) electrons. The lowest BCUT2D eigenvalue weighted by molar-refractivity contribution is -0.136. The van der Waals surface area contributed by atoms with E-state index in [0.29, 0.717) is 21.9 Å². The first-order chi connectivity index (χ1) is 9.43. The van der Waals surface area contributed by atoms with E-state index in [0.717, 1.165) is 0 Å². The van der Waals surface area contributed by atoms with Crippen LogP contribution in [0, 0.1) is 0 Å². The first-order valence-corrected chi connectivity index (χ1v) is 6.57. The Morgan fingerprint density at radius 3 is 2.80 bits per heavy atom. The number of hydrogen-bond donors (Lipinski definition) is 3. The molecule has 5 nitrogen and oxygen atoms in total. The van der Waals surface area contributed by atoms with Gasteiger partial charge in [-0.2, -0.15) is 0 Å². The van der Waals surface area contributed by atoms with Gasteiger partial charge in [-0.25, -0.2) is 4.79 Å². The molecule has 0 unspecified atom stereocenters. The van der Waals surface area contributed by atoms with Crippen molar-refractivity contribution in [2.24, 2.45) is 0 Å². The molecule has 0 spiro atoms. The monoisotopic (exact) mass is 312 g/mol. The SMILES string of the molecule is COC(=O)C1=C(C)NC(=S)N[C@@H]1c1ccc(O)c(Cl)c1. The normalized spacial score (nSPS) is 18.4. The lowest BCUT2D eigenvalue weighted by Gasteiger charge is -2.29. The zero-order valence-corrected chi connectivity index (χ0v) is 12.4. The van der Waals surface area contributed by atoms with Crippen molar-refractivity contribution in [1.29, 1.82) is 0 Å². The van der Waals surface area contributed by atoms with Crippen LogP contribution in [0.2, 0.25) is 5.02 Å². The predicted octanol–water partition coefficient (Wildman–Crippen LogP) is 2.01. The molecule has 3 N–H and O–H groups in total. The molecule has 0 saturated carbocycles. The summed E-state index contributed by atoms with van der Waals surface area (Å²) >= 11 is 11.0. The summed E-state index contributed by atoms with van der Waals surface area (Å²) < 4.78 is 4.80. The third-order valence-corrected chi connectivity index (χ3v) is 3.50. The fraction of sp³-hybridized carbons (Fsp3) is 0.231. The van der Waals surface area contributed by atoms with Crippen LogP contribution in [-0.4, -0.2) is 23.3 Å². The molecule has 20 heavy (non-hydrogen) atoms. The minimum Gasteiger partial charge on any atom is -0.506 e. The van der Waals surface area contributed by atoms with E-state index in [2.05, 4.69) is 10.6 Å². The lowest BCUT2D eigenvalue weighted by Crippen LogP contribution is -2.45. The van der Waals surface area contributed by atoms with Crippen molar-refractivity contribution in [2.45, 2.75) is 13.0 Å². The van der Waals surface area contributed by atoms with Gasteiger partial charge in [0.1, 0.15) is 5.75 Å². The number of ether oxygens (including phenoxy) is 1. The molecule has 0 aromatic heterocycles. The Kier molecular flexibility index (Phi) is 4.15. The van der Waals surface area contributed by atoms with Gasteiger partial charge in [-0.05, 0) is 36.8 Å². The third kappa shape index (κ3) is 2.71. The van der Waals surface area contributed by atoms with Gasteiger partial charge in [-0.15, -0.1) is 0 Å². The van der Waals surface area contributed by atoms with E-state index >= 15 is 0 Å². The summed E-state index contributed by atoms with van der Waals surface area (Å²) in [5.41, 5.74) is 1.74.